The Labute approximate surface area is 132 Å². The molecule has 0 spiro atoms. The van der Waals surface area contributed by atoms with Crippen molar-refractivity contribution in [1.29, 1.82) is 0 Å². The summed E-state index contributed by atoms with van der Waals surface area (Å²) in [5.74, 6) is 0. The van der Waals surface area contributed by atoms with E-state index in [0.717, 1.165) is 17.3 Å². The van der Waals surface area contributed by atoms with Crippen LogP contribution in [0.5, 0.6) is 0 Å². The van der Waals surface area contributed by atoms with Gasteiger partial charge < -0.3 is 10.3 Å². The van der Waals surface area contributed by atoms with Crippen molar-refractivity contribution in [3.8, 4) is 5.69 Å². The second-order valence-corrected chi connectivity index (χ2v) is 6.55. The van der Waals surface area contributed by atoms with Crippen LogP contribution in [-0.4, -0.2) is 4.57 Å². The molecule has 1 heterocycles. The van der Waals surface area contributed by atoms with E-state index in [9.17, 15) is 0 Å². The predicted molar refractivity (Wildman–Crippen MR) is 90.8 cm³/mol. The van der Waals surface area contributed by atoms with Gasteiger partial charge in [-0.1, -0.05) is 40.2 Å². The summed E-state index contributed by atoms with van der Waals surface area (Å²) in [6.07, 6.45) is 5.55. The first-order valence-corrected chi connectivity index (χ1v) is 8.18. The van der Waals surface area contributed by atoms with Gasteiger partial charge in [-0.2, -0.15) is 0 Å². The van der Waals surface area contributed by atoms with Gasteiger partial charge in [0.25, 0.3) is 0 Å². The summed E-state index contributed by atoms with van der Waals surface area (Å²) in [5, 5.41) is 2.52. The van der Waals surface area contributed by atoms with Gasteiger partial charge in [0, 0.05) is 27.8 Å². The Morgan fingerprint density at radius 1 is 1.05 bits per heavy atom. The molecule has 1 unspecified atom stereocenters. The quantitative estimate of drug-likeness (QED) is 0.682. The minimum Gasteiger partial charge on any atom is -0.324 e. The minimum atomic E-state index is 0.191. The first kappa shape index (κ1) is 13.1. The summed E-state index contributed by atoms with van der Waals surface area (Å²) < 4.78 is 3.46. The van der Waals surface area contributed by atoms with E-state index in [-0.39, 0.29) is 6.04 Å². The number of hydrogen-bond donors (Lipinski definition) is 1. The maximum Gasteiger partial charge on any atom is 0.0531 e. The zero-order valence-corrected chi connectivity index (χ0v) is 13.3. The van der Waals surface area contributed by atoms with Crippen LogP contribution in [0.25, 0.3) is 16.5 Å². The Bertz CT molecular complexity index is 819. The van der Waals surface area contributed by atoms with Gasteiger partial charge in [-0.25, -0.2) is 0 Å². The molecule has 2 nitrogen and oxygen atoms in total. The van der Waals surface area contributed by atoms with E-state index >= 15 is 0 Å². The van der Waals surface area contributed by atoms with Gasteiger partial charge in [0.1, 0.15) is 0 Å². The molecule has 3 aromatic rings. The van der Waals surface area contributed by atoms with E-state index in [1.54, 1.807) is 0 Å². The molecule has 0 radical (unpaired) electrons. The summed E-state index contributed by atoms with van der Waals surface area (Å²) in [4.78, 5) is 0. The third-order valence-electron chi connectivity index (χ3n) is 4.46. The van der Waals surface area contributed by atoms with Crippen molar-refractivity contribution in [2.24, 2.45) is 5.73 Å². The van der Waals surface area contributed by atoms with Crippen LogP contribution in [-0.2, 0) is 6.42 Å². The molecular weight excluding hydrogens is 324 g/mol. The third kappa shape index (κ3) is 2.03. The number of aromatic nitrogens is 1. The smallest absolute Gasteiger partial charge is 0.0531 e. The third-order valence-corrected chi connectivity index (χ3v) is 5.15. The summed E-state index contributed by atoms with van der Waals surface area (Å²) in [7, 11) is 0. The Balaban J connectivity index is 1.98. The molecule has 2 aromatic carbocycles. The molecular formula is C18H17BrN2. The second kappa shape index (κ2) is 5.00. The molecule has 0 amide bonds. The summed E-state index contributed by atoms with van der Waals surface area (Å²) in [6, 6.07) is 15.2. The fraction of sp³-hybridized carbons (Fsp3) is 0.222. The van der Waals surface area contributed by atoms with Crippen molar-refractivity contribution in [2.75, 3.05) is 0 Å². The monoisotopic (exact) mass is 340 g/mol. The first-order chi connectivity index (χ1) is 10.3. The minimum absolute atomic E-state index is 0.191. The predicted octanol–water partition coefficient (Wildman–Crippen LogP) is 4.73. The molecule has 0 aliphatic heterocycles. The summed E-state index contributed by atoms with van der Waals surface area (Å²) in [6.45, 7) is 0. The van der Waals surface area contributed by atoms with E-state index in [4.69, 9.17) is 5.73 Å². The molecule has 1 aromatic heterocycles. The van der Waals surface area contributed by atoms with Gasteiger partial charge in [0.2, 0.25) is 0 Å². The van der Waals surface area contributed by atoms with Gasteiger partial charge in [-0.05, 0) is 48.4 Å². The lowest BCUT2D eigenvalue weighted by Crippen LogP contribution is -2.17. The van der Waals surface area contributed by atoms with Gasteiger partial charge in [-0.15, -0.1) is 0 Å². The van der Waals surface area contributed by atoms with Crippen molar-refractivity contribution < 1.29 is 0 Å². The summed E-state index contributed by atoms with van der Waals surface area (Å²) >= 11 is 3.65. The number of rotatable bonds is 1. The normalized spacial score (nSPS) is 17.9. The van der Waals surface area contributed by atoms with Crippen LogP contribution in [0.4, 0.5) is 0 Å². The van der Waals surface area contributed by atoms with Crippen LogP contribution in [0, 0.1) is 0 Å². The topological polar surface area (TPSA) is 30.9 Å². The van der Waals surface area contributed by atoms with Crippen LogP contribution >= 0.6 is 15.9 Å². The first-order valence-electron chi connectivity index (χ1n) is 7.39. The summed E-state index contributed by atoms with van der Waals surface area (Å²) in [5.41, 5.74) is 10.2. The molecule has 106 valence electrons. The molecule has 1 aliphatic carbocycles. The Morgan fingerprint density at radius 2 is 1.86 bits per heavy atom. The zero-order valence-electron chi connectivity index (χ0n) is 11.7. The number of hydrogen-bond acceptors (Lipinski definition) is 1. The molecule has 4 rings (SSSR count). The van der Waals surface area contributed by atoms with Crippen LogP contribution < -0.4 is 5.73 Å². The van der Waals surface area contributed by atoms with E-state index in [2.05, 4.69) is 69.2 Å². The number of halogens is 1. The van der Waals surface area contributed by atoms with E-state index < -0.39 is 0 Å². The van der Waals surface area contributed by atoms with Crippen LogP contribution in [0.2, 0.25) is 0 Å². The molecule has 0 bridgehead atoms. The van der Waals surface area contributed by atoms with Crippen molar-refractivity contribution in [2.45, 2.75) is 25.3 Å². The fourth-order valence-electron chi connectivity index (χ4n) is 3.41. The lowest BCUT2D eigenvalue weighted by atomic mass is 9.93. The maximum atomic E-state index is 6.25. The van der Waals surface area contributed by atoms with Crippen molar-refractivity contribution in [3.05, 3.63) is 64.4 Å². The Kier molecular flexibility index (Phi) is 3.12. The average Bonchev–Trinajstić information content (AvgIpc) is 2.93. The van der Waals surface area contributed by atoms with Gasteiger partial charge >= 0.3 is 0 Å². The molecule has 0 saturated carbocycles. The highest BCUT2D eigenvalue weighted by Gasteiger charge is 2.21. The van der Waals surface area contributed by atoms with Gasteiger partial charge in [0.05, 0.1) is 5.69 Å². The van der Waals surface area contributed by atoms with Crippen LogP contribution in [0.3, 0.4) is 0 Å². The molecule has 1 atom stereocenters. The van der Waals surface area contributed by atoms with Crippen LogP contribution in [0.15, 0.2) is 53.1 Å². The van der Waals surface area contributed by atoms with E-state index in [1.807, 2.05) is 0 Å². The van der Waals surface area contributed by atoms with Crippen molar-refractivity contribution >= 4 is 26.7 Å². The van der Waals surface area contributed by atoms with Gasteiger partial charge in [0.15, 0.2) is 0 Å². The molecule has 0 saturated heterocycles. The van der Waals surface area contributed by atoms with Crippen molar-refractivity contribution in [1.82, 2.24) is 4.57 Å². The highest BCUT2D eigenvalue weighted by molar-refractivity contribution is 9.10. The fourth-order valence-corrected chi connectivity index (χ4v) is 3.89. The Morgan fingerprint density at radius 3 is 2.71 bits per heavy atom. The van der Waals surface area contributed by atoms with Crippen molar-refractivity contribution in [3.63, 3.8) is 0 Å². The number of nitrogens with zero attached hydrogens (tertiary/aromatic N) is 1. The number of benzene rings is 2. The molecule has 3 heteroatoms. The van der Waals surface area contributed by atoms with Gasteiger partial charge in [-0.3, -0.25) is 0 Å². The molecule has 1 aliphatic rings. The maximum absolute atomic E-state index is 6.25. The standard InChI is InChI=1S/C18H17BrN2/c19-15-8-9-18(13-5-2-1-4-12(13)15)21-11-10-14-16(20)6-3-7-17(14)21/h1-2,4-5,8-11,16H,3,6-7,20H2. The van der Waals surface area contributed by atoms with Crippen LogP contribution in [0.1, 0.15) is 30.1 Å². The zero-order chi connectivity index (χ0) is 14.4. The lowest BCUT2D eigenvalue weighted by Gasteiger charge is -2.21. The largest absolute Gasteiger partial charge is 0.324 e. The molecule has 2 N–H and O–H groups in total. The number of fused-ring (bicyclic) bond motifs is 2. The van der Waals surface area contributed by atoms with E-state index in [1.165, 1.54) is 34.1 Å². The highest BCUT2D eigenvalue weighted by atomic mass is 79.9. The highest BCUT2D eigenvalue weighted by Crippen LogP contribution is 2.34. The molecule has 21 heavy (non-hydrogen) atoms. The average molecular weight is 341 g/mol. The second-order valence-electron chi connectivity index (χ2n) is 5.70. The molecule has 0 fully saturated rings. The SMILES string of the molecule is NC1CCCc2c1ccn2-c1ccc(Br)c2ccccc12. The van der Waals surface area contributed by atoms with E-state index in [0.29, 0.717) is 0 Å². The Hall–Kier alpha value is -1.58. The lowest BCUT2D eigenvalue weighted by molar-refractivity contribution is 0.560. The number of nitrogens with two attached hydrogens (primary N) is 1.